The number of sulfone groups is 1. The molecule has 2 aliphatic heterocycles. The van der Waals surface area contributed by atoms with E-state index < -0.39 is 9.84 Å². The number of hydrogen-bond donors (Lipinski definition) is 0. The lowest BCUT2D eigenvalue weighted by molar-refractivity contribution is 0.577. The Kier molecular flexibility index (Phi) is 3.87. The van der Waals surface area contributed by atoms with E-state index in [0.717, 1.165) is 18.8 Å². The van der Waals surface area contributed by atoms with Crippen LogP contribution in [0.25, 0.3) is 0 Å². The van der Waals surface area contributed by atoms with Gasteiger partial charge in [-0.25, -0.2) is 8.42 Å². The highest BCUT2D eigenvalue weighted by molar-refractivity contribution is 7.91. The van der Waals surface area contributed by atoms with Crippen LogP contribution in [0, 0.1) is 0 Å². The van der Waals surface area contributed by atoms with Crippen molar-refractivity contribution in [2.45, 2.75) is 19.3 Å². The van der Waals surface area contributed by atoms with E-state index in [0.29, 0.717) is 13.1 Å². The maximum Gasteiger partial charge on any atom is 0.153 e. The normalized spacial score (nSPS) is 22.8. The molecule has 0 saturated carbocycles. The topological polar surface area (TPSA) is 40.6 Å². The Morgan fingerprint density at radius 2 is 1.35 bits per heavy atom. The standard InChI is InChI=1S/C15H22N2O2S/c18-20(19)11-9-17(10-12-20)15-6-4-5-14(13-15)16-7-2-1-3-8-16/h4-6,13H,1-3,7-12H2. The van der Waals surface area contributed by atoms with E-state index in [1.165, 1.54) is 24.9 Å². The molecule has 2 aliphatic rings. The van der Waals surface area contributed by atoms with Crippen LogP contribution in [0.3, 0.4) is 0 Å². The molecule has 0 atom stereocenters. The van der Waals surface area contributed by atoms with Gasteiger partial charge in [0.15, 0.2) is 9.84 Å². The van der Waals surface area contributed by atoms with Gasteiger partial charge in [0.25, 0.3) is 0 Å². The van der Waals surface area contributed by atoms with Crippen molar-refractivity contribution in [1.29, 1.82) is 0 Å². The zero-order valence-corrected chi connectivity index (χ0v) is 12.6. The molecule has 0 bridgehead atoms. The van der Waals surface area contributed by atoms with Gasteiger partial charge in [0.2, 0.25) is 0 Å². The fourth-order valence-electron chi connectivity index (χ4n) is 3.01. The molecule has 4 nitrogen and oxygen atoms in total. The third kappa shape index (κ3) is 3.08. The van der Waals surface area contributed by atoms with E-state index in [2.05, 4.69) is 34.1 Å². The molecule has 1 aromatic carbocycles. The minimum Gasteiger partial charge on any atom is -0.371 e. The number of nitrogens with zero attached hydrogens (tertiary/aromatic N) is 2. The molecule has 2 heterocycles. The molecule has 0 N–H and O–H groups in total. The van der Waals surface area contributed by atoms with Crippen molar-refractivity contribution >= 4 is 21.2 Å². The molecular formula is C15H22N2O2S. The number of hydrogen-bond acceptors (Lipinski definition) is 4. The molecular weight excluding hydrogens is 272 g/mol. The van der Waals surface area contributed by atoms with Gasteiger partial charge in [-0.05, 0) is 37.5 Å². The van der Waals surface area contributed by atoms with E-state index >= 15 is 0 Å². The van der Waals surface area contributed by atoms with E-state index in [4.69, 9.17) is 0 Å². The summed E-state index contributed by atoms with van der Waals surface area (Å²) in [5.74, 6) is 0.557. The number of piperidine rings is 1. The quantitative estimate of drug-likeness (QED) is 0.835. The van der Waals surface area contributed by atoms with Crippen molar-refractivity contribution in [2.24, 2.45) is 0 Å². The van der Waals surface area contributed by atoms with Gasteiger partial charge in [0.1, 0.15) is 0 Å². The van der Waals surface area contributed by atoms with Gasteiger partial charge in [-0.2, -0.15) is 0 Å². The Labute approximate surface area is 121 Å². The molecule has 0 radical (unpaired) electrons. The summed E-state index contributed by atoms with van der Waals surface area (Å²) in [7, 11) is -2.81. The van der Waals surface area contributed by atoms with E-state index in [-0.39, 0.29) is 11.5 Å². The fourth-order valence-corrected chi connectivity index (χ4v) is 4.21. The lowest BCUT2D eigenvalue weighted by Gasteiger charge is -2.32. The van der Waals surface area contributed by atoms with Gasteiger partial charge in [-0.3, -0.25) is 0 Å². The number of rotatable bonds is 2. The molecule has 0 aromatic heterocycles. The molecule has 20 heavy (non-hydrogen) atoms. The van der Waals surface area contributed by atoms with Crippen molar-refractivity contribution in [3.8, 4) is 0 Å². The predicted octanol–water partition coefficient (Wildman–Crippen LogP) is 1.91. The maximum atomic E-state index is 11.5. The van der Waals surface area contributed by atoms with Gasteiger partial charge in [0, 0.05) is 37.6 Å². The molecule has 0 amide bonds. The molecule has 5 heteroatoms. The van der Waals surface area contributed by atoms with Crippen LogP contribution in [-0.2, 0) is 9.84 Å². The van der Waals surface area contributed by atoms with E-state index in [1.54, 1.807) is 0 Å². The molecule has 0 aliphatic carbocycles. The van der Waals surface area contributed by atoms with Crippen LogP contribution in [0.2, 0.25) is 0 Å². The highest BCUT2D eigenvalue weighted by atomic mass is 32.2. The average Bonchev–Trinajstić information content (AvgIpc) is 2.48. The van der Waals surface area contributed by atoms with Crippen molar-refractivity contribution in [2.75, 3.05) is 47.5 Å². The van der Waals surface area contributed by atoms with Gasteiger partial charge in [-0.15, -0.1) is 0 Å². The Bertz CT molecular complexity index is 551. The second-order valence-corrected chi connectivity index (χ2v) is 8.01. The average molecular weight is 294 g/mol. The molecule has 110 valence electrons. The largest absolute Gasteiger partial charge is 0.371 e. The molecule has 3 rings (SSSR count). The summed E-state index contributed by atoms with van der Waals surface area (Å²) in [5, 5.41) is 0. The van der Waals surface area contributed by atoms with Gasteiger partial charge in [0.05, 0.1) is 11.5 Å². The van der Waals surface area contributed by atoms with Crippen LogP contribution in [0.15, 0.2) is 24.3 Å². The second kappa shape index (κ2) is 5.64. The minimum atomic E-state index is -2.81. The van der Waals surface area contributed by atoms with Crippen molar-refractivity contribution in [3.63, 3.8) is 0 Å². The number of benzene rings is 1. The summed E-state index contributed by atoms with van der Waals surface area (Å²) < 4.78 is 23.0. The molecule has 2 fully saturated rings. The van der Waals surface area contributed by atoms with Gasteiger partial charge >= 0.3 is 0 Å². The highest BCUT2D eigenvalue weighted by Gasteiger charge is 2.22. The molecule has 1 aromatic rings. The third-order valence-corrected chi connectivity index (χ3v) is 5.87. The highest BCUT2D eigenvalue weighted by Crippen LogP contribution is 2.26. The smallest absolute Gasteiger partial charge is 0.153 e. The number of anilines is 2. The molecule has 0 spiro atoms. The van der Waals surface area contributed by atoms with Crippen molar-refractivity contribution in [3.05, 3.63) is 24.3 Å². The first kappa shape index (κ1) is 13.7. The summed E-state index contributed by atoms with van der Waals surface area (Å²) in [6, 6.07) is 8.55. The van der Waals surface area contributed by atoms with Crippen LogP contribution in [0.5, 0.6) is 0 Å². The lowest BCUT2D eigenvalue weighted by Crippen LogP contribution is -2.40. The Morgan fingerprint density at radius 3 is 1.95 bits per heavy atom. The molecule has 2 saturated heterocycles. The van der Waals surface area contributed by atoms with E-state index in [1.807, 2.05) is 0 Å². The SMILES string of the molecule is O=S1(=O)CCN(c2cccc(N3CCCCC3)c2)CC1. The van der Waals surface area contributed by atoms with Crippen LogP contribution in [0.4, 0.5) is 11.4 Å². The summed E-state index contributed by atoms with van der Waals surface area (Å²) in [6.07, 6.45) is 3.87. The first-order valence-corrected chi connectivity index (χ1v) is 9.27. The summed E-state index contributed by atoms with van der Waals surface area (Å²) in [4.78, 5) is 4.63. The summed E-state index contributed by atoms with van der Waals surface area (Å²) >= 11 is 0. The van der Waals surface area contributed by atoms with Gasteiger partial charge in [-0.1, -0.05) is 6.07 Å². The van der Waals surface area contributed by atoms with Gasteiger partial charge < -0.3 is 9.80 Å². The Hall–Kier alpha value is -1.23. The van der Waals surface area contributed by atoms with Crippen molar-refractivity contribution in [1.82, 2.24) is 0 Å². The zero-order chi connectivity index (χ0) is 14.0. The van der Waals surface area contributed by atoms with Crippen LogP contribution in [0.1, 0.15) is 19.3 Å². The predicted molar refractivity (Wildman–Crippen MR) is 83.4 cm³/mol. The Balaban J connectivity index is 1.74. The Morgan fingerprint density at radius 1 is 0.800 bits per heavy atom. The second-order valence-electron chi connectivity index (χ2n) is 5.71. The summed E-state index contributed by atoms with van der Waals surface area (Å²) in [5.41, 5.74) is 2.43. The van der Waals surface area contributed by atoms with Crippen LogP contribution in [-0.4, -0.2) is 46.1 Å². The fraction of sp³-hybridized carbons (Fsp3) is 0.600. The van der Waals surface area contributed by atoms with E-state index in [9.17, 15) is 8.42 Å². The first-order valence-electron chi connectivity index (χ1n) is 7.44. The maximum absolute atomic E-state index is 11.5. The summed E-state index contributed by atoms with van der Waals surface area (Å²) in [6.45, 7) is 3.51. The zero-order valence-electron chi connectivity index (χ0n) is 11.8. The third-order valence-electron chi connectivity index (χ3n) is 4.26. The van der Waals surface area contributed by atoms with Crippen molar-refractivity contribution < 1.29 is 8.42 Å². The lowest BCUT2D eigenvalue weighted by atomic mass is 10.1. The first-order chi connectivity index (χ1) is 9.64. The van der Waals surface area contributed by atoms with Crippen LogP contribution >= 0.6 is 0 Å². The molecule has 0 unspecified atom stereocenters. The van der Waals surface area contributed by atoms with Crippen LogP contribution < -0.4 is 9.80 Å². The minimum absolute atomic E-state index is 0.279. The monoisotopic (exact) mass is 294 g/mol.